The Balaban J connectivity index is 1.64. The maximum absolute atomic E-state index is 13.8. The number of thiophene rings is 1. The van der Waals surface area contributed by atoms with Crippen molar-refractivity contribution < 1.29 is 9.18 Å². The van der Waals surface area contributed by atoms with E-state index in [1.165, 1.54) is 10.9 Å². The number of carbonyl (C=O) groups is 1. The lowest BCUT2D eigenvalue weighted by Gasteiger charge is -2.11. The molecule has 0 atom stereocenters. The Morgan fingerprint density at radius 3 is 2.59 bits per heavy atom. The highest BCUT2D eigenvalue weighted by atomic mass is 32.1. The van der Waals surface area contributed by atoms with E-state index in [0.29, 0.717) is 17.8 Å². The summed E-state index contributed by atoms with van der Waals surface area (Å²) in [7, 11) is 0. The van der Waals surface area contributed by atoms with Gasteiger partial charge < -0.3 is 9.88 Å². The van der Waals surface area contributed by atoms with E-state index in [-0.39, 0.29) is 18.3 Å². The van der Waals surface area contributed by atoms with Crippen molar-refractivity contribution in [3.63, 3.8) is 0 Å². The first-order chi connectivity index (χ1) is 13.1. The maximum Gasteiger partial charge on any atom is 0.268 e. The van der Waals surface area contributed by atoms with E-state index in [9.17, 15) is 9.18 Å². The average Bonchev–Trinajstić information content (AvgIpc) is 3.19. The minimum atomic E-state index is -0.311. The van der Waals surface area contributed by atoms with Crippen LogP contribution in [0.2, 0.25) is 0 Å². The Morgan fingerprint density at radius 1 is 1.07 bits per heavy atom. The second-order valence-corrected chi connectivity index (χ2v) is 7.77. The smallest absolute Gasteiger partial charge is 0.268 e. The van der Waals surface area contributed by atoms with Gasteiger partial charge in [-0.15, -0.1) is 11.3 Å². The summed E-state index contributed by atoms with van der Waals surface area (Å²) in [6.45, 7) is 2.84. The van der Waals surface area contributed by atoms with Crippen LogP contribution in [-0.2, 0) is 13.1 Å². The van der Waals surface area contributed by atoms with Crippen LogP contribution in [0, 0.1) is 12.7 Å². The van der Waals surface area contributed by atoms with Gasteiger partial charge in [-0.1, -0.05) is 48.5 Å². The van der Waals surface area contributed by atoms with E-state index in [2.05, 4.69) is 18.3 Å². The van der Waals surface area contributed by atoms with E-state index < -0.39 is 0 Å². The number of fused-ring (bicyclic) bond motifs is 1. The fraction of sp³-hybridized carbons (Fsp3) is 0.136. The maximum atomic E-state index is 13.8. The lowest BCUT2D eigenvalue weighted by Crippen LogP contribution is -2.26. The van der Waals surface area contributed by atoms with Crippen LogP contribution < -0.4 is 5.32 Å². The summed E-state index contributed by atoms with van der Waals surface area (Å²) in [5.74, 6) is -0.510. The Kier molecular flexibility index (Phi) is 4.77. The second kappa shape index (κ2) is 7.37. The van der Waals surface area contributed by atoms with Gasteiger partial charge >= 0.3 is 0 Å². The quantitative estimate of drug-likeness (QED) is 0.513. The molecule has 4 aromatic rings. The summed E-state index contributed by atoms with van der Waals surface area (Å²) >= 11 is 1.67. The Morgan fingerprint density at radius 2 is 1.81 bits per heavy atom. The molecule has 2 heterocycles. The van der Waals surface area contributed by atoms with Crippen molar-refractivity contribution in [1.82, 2.24) is 9.88 Å². The number of amides is 1. The van der Waals surface area contributed by atoms with Crippen LogP contribution in [0.4, 0.5) is 4.39 Å². The summed E-state index contributed by atoms with van der Waals surface area (Å²) in [6, 6.07) is 20.6. The fourth-order valence-electron chi connectivity index (χ4n) is 3.20. The molecule has 0 aliphatic carbocycles. The average molecular weight is 378 g/mol. The fourth-order valence-corrected chi connectivity index (χ4v) is 4.16. The van der Waals surface area contributed by atoms with Crippen molar-refractivity contribution in [2.75, 3.05) is 0 Å². The summed E-state index contributed by atoms with van der Waals surface area (Å²) in [5.41, 5.74) is 3.25. The van der Waals surface area contributed by atoms with Crippen LogP contribution in [0.25, 0.3) is 10.2 Å². The molecule has 0 saturated carbocycles. The standard InChI is InChI=1S/C22H19FN2OS/c1-15-11-19-21(27-15)12-20(25(19)14-16-7-3-2-4-8-16)22(26)24-13-17-9-5-6-10-18(17)23/h2-12H,13-14H2,1H3,(H,24,26). The van der Waals surface area contributed by atoms with E-state index in [1.54, 1.807) is 29.5 Å². The van der Waals surface area contributed by atoms with Crippen LogP contribution in [-0.4, -0.2) is 10.5 Å². The molecule has 0 spiro atoms. The third-order valence-corrected chi connectivity index (χ3v) is 5.51. The number of benzene rings is 2. The van der Waals surface area contributed by atoms with E-state index >= 15 is 0 Å². The summed E-state index contributed by atoms with van der Waals surface area (Å²) in [4.78, 5) is 14.1. The monoisotopic (exact) mass is 378 g/mol. The zero-order valence-corrected chi connectivity index (χ0v) is 15.7. The lowest BCUT2D eigenvalue weighted by molar-refractivity contribution is 0.0942. The SMILES string of the molecule is Cc1cc2c(cc(C(=O)NCc3ccccc3F)n2Cc2ccccc2)s1. The minimum absolute atomic E-state index is 0.161. The summed E-state index contributed by atoms with van der Waals surface area (Å²) in [5, 5.41) is 2.85. The topological polar surface area (TPSA) is 34.0 Å². The highest BCUT2D eigenvalue weighted by Gasteiger charge is 2.18. The number of carbonyl (C=O) groups excluding carboxylic acids is 1. The van der Waals surface area contributed by atoms with Crippen molar-refractivity contribution in [3.05, 3.63) is 94.2 Å². The van der Waals surface area contributed by atoms with Crippen LogP contribution in [0.3, 0.4) is 0 Å². The van der Waals surface area contributed by atoms with Gasteiger partial charge in [0, 0.05) is 23.5 Å². The molecule has 5 heteroatoms. The lowest BCUT2D eigenvalue weighted by atomic mass is 10.2. The second-order valence-electron chi connectivity index (χ2n) is 6.48. The van der Waals surface area contributed by atoms with Crippen LogP contribution in [0.15, 0.2) is 66.7 Å². The van der Waals surface area contributed by atoms with Crippen molar-refractivity contribution in [2.45, 2.75) is 20.0 Å². The molecular weight excluding hydrogens is 359 g/mol. The minimum Gasteiger partial charge on any atom is -0.347 e. The molecule has 3 nitrogen and oxygen atoms in total. The molecule has 0 unspecified atom stereocenters. The zero-order valence-electron chi connectivity index (χ0n) is 14.9. The third-order valence-electron chi connectivity index (χ3n) is 4.53. The van der Waals surface area contributed by atoms with Crippen molar-refractivity contribution >= 4 is 27.5 Å². The normalized spacial score (nSPS) is 11.0. The van der Waals surface area contributed by atoms with E-state index in [1.807, 2.05) is 41.0 Å². The predicted octanol–water partition coefficient (Wildman–Crippen LogP) is 5.13. The van der Waals surface area contributed by atoms with Crippen LogP contribution >= 0.6 is 11.3 Å². The van der Waals surface area contributed by atoms with Gasteiger partial charge in [-0.3, -0.25) is 4.79 Å². The van der Waals surface area contributed by atoms with Gasteiger partial charge in [0.2, 0.25) is 0 Å². The molecule has 27 heavy (non-hydrogen) atoms. The van der Waals surface area contributed by atoms with Gasteiger partial charge in [-0.25, -0.2) is 4.39 Å². The first kappa shape index (κ1) is 17.5. The van der Waals surface area contributed by atoms with Crippen LogP contribution in [0.5, 0.6) is 0 Å². The van der Waals surface area contributed by atoms with Gasteiger partial charge in [0.1, 0.15) is 11.5 Å². The summed E-state index contributed by atoms with van der Waals surface area (Å²) < 4.78 is 16.9. The number of rotatable bonds is 5. The Labute approximate surface area is 161 Å². The van der Waals surface area contributed by atoms with Crippen molar-refractivity contribution in [1.29, 1.82) is 0 Å². The highest BCUT2D eigenvalue weighted by molar-refractivity contribution is 7.19. The molecule has 1 amide bonds. The molecule has 1 N–H and O–H groups in total. The van der Waals surface area contributed by atoms with Gasteiger partial charge in [-0.2, -0.15) is 0 Å². The van der Waals surface area contributed by atoms with Gasteiger partial charge in [0.05, 0.1) is 10.2 Å². The third kappa shape index (κ3) is 3.64. The number of aromatic nitrogens is 1. The molecule has 0 bridgehead atoms. The van der Waals surface area contributed by atoms with Gasteiger partial charge in [-0.05, 0) is 30.7 Å². The molecular formula is C22H19FN2OS. The first-order valence-electron chi connectivity index (χ1n) is 8.77. The number of hydrogen-bond donors (Lipinski definition) is 1. The largest absolute Gasteiger partial charge is 0.347 e. The Hall–Kier alpha value is -2.92. The molecule has 0 radical (unpaired) electrons. The van der Waals surface area contributed by atoms with Gasteiger partial charge in [0.25, 0.3) is 5.91 Å². The van der Waals surface area contributed by atoms with Crippen molar-refractivity contribution in [2.24, 2.45) is 0 Å². The molecule has 2 aromatic heterocycles. The predicted molar refractivity (Wildman–Crippen MR) is 108 cm³/mol. The summed E-state index contributed by atoms with van der Waals surface area (Å²) in [6.07, 6.45) is 0. The molecule has 0 aliphatic rings. The zero-order chi connectivity index (χ0) is 18.8. The number of nitrogens with zero attached hydrogens (tertiary/aromatic N) is 1. The van der Waals surface area contributed by atoms with Crippen LogP contribution in [0.1, 0.15) is 26.5 Å². The molecule has 4 rings (SSSR count). The molecule has 0 saturated heterocycles. The number of halogens is 1. The van der Waals surface area contributed by atoms with E-state index in [0.717, 1.165) is 15.8 Å². The molecule has 0 fully saturated rings. The number of nitrogens with one attached hydrogen (secondary N) is 1. The van der Waals surface area contributed by atoms with Gasteiger partial charge in [0.15, 0.2) is 0 Å². The Bertz CT molecular complexity index is 1100. The first-order valence-corrected chi connectivity index (χ1v) is 9.58. The molecule has 136 valence electrons. The van der Waals surface area contributed by atoms with E-state index in [4.69, 9.17) is 0 Å². The molecule has 0 aliphatic heterocycles. The van der Waals surface area contributed by atoms with Crippen molar-refractivity contribution in [3.8, 4) is 0 Å². The number of hydrogen-bond acceptors (Lipinski definition) is 2. The number of aryl methyl sites for hydroxylation is 1. The highest BCUT2D eigenvalue weighted by Crippen LogP contribution is 2.29. The molecule has 2 aromatic carbocycles.